The molecule has 1 aromatic heterocycles. The molecule has 0 aliphatic rings. The lowest BCUT2D eigenvalue weighted by Gasteiger charge is -2.18. The topological polar surface area (TPSA) is 50.9 Å². The smallest absolute Gasteiger partial charge is 0.124 e. The van der Waals surface area contributed by atoms with Crippen molar-refractivity contribution in [1.29, 1.82) is 0 Å². The molecule has 2 rings (SSSR count). The SMILES string of the molecule is Cc1cncc(C(NN)c2ccc(F)cc2I)c1. The van der Waals surface area contributed by atoms with Crippen LogP contribution >= 0.6 is 22.6 Å². The van der Waals surface area contributed by atoms with Gasteiger partial charge >= 0.3 is 0 Å². The van der Waals surface area contributed by atoms with E-state index >= 15 is 0 Å². The molecule has 3 N–H and O–H groups in total. The van der Waals surface area contributed by atoms with E-state index in [1.54, 1.807) is 18.5 Å². The molecule has 0 amide bonds. The maximum absolute atomic E-state index is 13.1. The van der Waals surface area contributed by atoms with Gasteiger partial charge in [-0.25, -0.2) is 9.82 Å². The maximum Gasteiger partial charge on any atom is 0.124 e. The van der Waals surface area contributed by atoms with Gasteiger partial charge in [-0.1, -0.05) is 12.1 Å². The average molecular weight is 357 g/mol. The van der Waals surface area contributed by atoms with Gasteiger partial charge in [0.15, 0.2) is 0 Å². The van der Waals surface area contributed by atoms with E-state index in [-0.39, 0.29) is 11.9 Å². The van der Waals surface area contributed by atoms with Gasteiger partial charge in [0, 0.05) is 16.0 Å². The number of hydrogen-bond acceptors (Lipinski definition) is 3. The number of benzene rings is 1. The molecule has 5 heteroatoms. The second-order valence-corrected chi connectivity index (χ2v) is 5.22. The van der Waals surface area contributed by atoms with Crippen LogP contribution in [0.5, 0.6) is 0 Å². The minimum atomic E-state index is -0.249. The van der Waals surface area contributed by atoms with Gasteiger partial charge in [-0.15, -0.1) is 0 Å². The summed E-state index contributed by atoms with van der Waals surface area (Å²) < 4.78 is 13.9. The highest BCUT2D eigenvalue weighted by atomic mass is 127. The summed E-state index contributed by atoms with van der Waals surface area (Å²) in [5.41, 5.74) is 5.71. The molecule has 3 nitrogen and oxygen atoms in total. The quantitative estimate of drug-likeness (QED) is 0.505. The Morgan fingerprint density at radius 2 is 2.11 bits per heavy atom. The van der Waals surface area contributed by atoms with E-state index in [1.807, 2.05) is 13.0 Å². The van der Waals surface area contributed by atoms with E-state index in [4.69, 9.17) is 5.84 Å². The number of aryl methyl sites for hydroxylation is 1. The van der Waals surface area contributed by atoms with Crippen molar-refractivity contribution >= 4 is 22.6 Å². The minimum Gasteiger partial charge on any atom is -0.271 e. The fraction of sp³-hybridized carbons (Fsp3) is 0.154. The Balaban J connectivity index is 2.45. The van der Waals surface area contributed by atoms with Crippen LogP contribution in [0.1, 0.15) is 22.7 Å². The summed E-state index contributed by atoms with van der Waals surface area (Å²) in [6.07, 6.45) is 3.55. The summed E-state index contributed by atoms with van der Waals surface area (Å²) >= 11 is 2.10. The fourth-order valence-corrected chi connectivity index (χ4v) is 2.63. The van der Waals surface area contributed by atoms with Crippen LogP contribution in [0.15, 0.2) is 36.7 Å². The summed E-state index contributed by atoms with van der Waals surface area (Å²) in [4.78, 5) is 4.15. The standard InChI is InChI=1S/C13H13FIN3/c1-8-4-9(7-17-6-8)13(18-16)11-3-2-10(14)5-12(11)15/h2-7,13,18H,16H2,1H3. The monoisotopic (exact) mass is 357 g/mol. The number of nitrogens with one attached hydrogen (secondary N) is 1. The van der Waals surface area contributed by atoms with Gasteiger partial charge in [-0.05, 0) is 58.3 Å². The molecule has 0 spiro atoms. The molecule has 0 saturated heterocycles. The van der Waals surface area contributed by atoms with Crippen LogP contribution in [0.3, 0.4) is 0 Å². The van der Waals surface area contributed by atoms with Gasteiger partial charge in [0.1, 0.15) is 5.82 Å². The minimum absolute atomic E-state index is 0.190. The molecule has 0 bridgehead atoms. The first-order valence-electron chi connectivity index (χ1n) is 5.44. The second-order valence-electron chi connectivity index (χ2n) is 4.06. The Kier molecular flexibility index (Phi) is 4.26. The summed E-state index contributed by atoms with van der Waals surface area (Å²) in [5, 5.41) is 0. The molecular formula is C13H13FIN3. The molecule has 1 heterocycles. The molecule has 0 aliphatic heterocycles. The van der Waals surface area contributed by atoms with Crippen molar-refractivity contribution in [3.05, 3.63) is 62.7 Å². The maximum atomic E-state index is 13.1. The van der Waals surface area contributed by atoms with Crippen molar-refractivity contribution in [1.82, 2.24) is 10.4 Å². The molecule has 1 aromatic carbocycles. The lowest BCUT2D eigenvalue weighted by Crippen LogP contribution is -2.29. The van der Waals surface area contributed by atoms with Crippen LogP contribution in [0.25, 0.3) is 0 Å². The van der Waals surface area contributed by atoms with E-state index in [0.29, 0.717) is 0 Å². The zero-order valence-corrected chi connectivity index (χ0v) is 12.0. The van der Waals surface area contributed by atoms with E-state index in [9.17, 15) is 4.39 Å². The number of pyridine rings is 1. The van der Waals surface area contributed by atoms with Crippen LogP contribution in [-0.4, -0.2) is 4.98 Å². The first-order chi connectivity index (χ1) is 8.61. The number of rotatable bonds is 3. The third-order valence-corrected chi connectivity index (χ3v) is 3.60. The zero-order valence-electron chi connectivity index (χ0n) is 9.82. The number of aromatic nitrogens is 1. The van der Waals surface area contributed by atoms with Gasteiger partial charge in [-0.2, -0.15) is 0 Å². The van der Waals surface area contributed by atoms with Crippen LogP contribution in [0, 0.1) is 16.3 Å². The highest BCUT2D eigenvalue weighted by Gasteiger charge is 2.16. The number of halogens is 2. The zero-order chi connectivity index (χ0) is 13.1. The van der Waals surface area contributed by atoms with E-state index in [2.05, 4.69) is 33.0 Å². The lowest BCUT2D eigenvalue weighted by molar-refractivity contribution is 0.611. The first-order valence-corrected chi connectivity index (χ1v) is 6.52. The summed E-state index contributed by atoms with van der Waals surface area (Å²) in [6.45, 7) is 1.97. The normalized spacial score (nSPS) is 12.4. The van der Waals surface area contributed by atoms with Gasteiger partial charge in [0.05, 0.1) is 6.04 Å². The Labute approximate surface area is 119 Å². The molecular weight excluding hydrogens is 344 g/mol. The van der Waals surface area contributed by atoms with Crippen LogP contribution in [-0.2, 0) is 0 Å². The van der Waals surface area contributed by atoms with Crippen molar-refractivity contribution in [3.8, 4) is 0 Å². The molecule has 1 unspecified atom stereocenters. The highest BCUT2D eigenvalue weighted by Crippen LogP contribution is 2.26. The van der Waals surface area contributed by atoms with Crippen LogP contribution in [0.4, 0.5) is 4.39 Å². The molecule has 0 fully saturated rings. The molecule has 0 saturated carbocycles. The number of nitrogens with two attached hydrogens (primary N) is 1. The summed E-state index contributed by atoms with van der Waals surface area (Å²) in [5.74, 6) is 5.37. The van der Waals surface area contributed by atoms with E-state index in [1.165, 1.54) is 12.1 Å². The number of hydrogen-bond donors (Lipinski definition) is 2. The first kappa shape index (κ1) is 13.4. The Morgan fingerprint density at radius 1 is 1.33 bits per heavy atom. The number of nitrogens with zero attached hydrogens (tertiary/aromatic N) is 1. The lowest BCUT2D eigenvalue weighted by atomic mass is 10.00. The Morgan fingerprint density at radius 3 is 2.72 bits per heavy atom. The highest BCUT2D eigenvalue weighted by molar-refractivity contribution is 14.1. The van der Waals surface area contributed by atoms with Crippen molar-refractivity contribution in [2.45, 2.75) is 13.0 Å². The van der Waals surface area contributed by atoms with Gasteiger partial charge in [-0.3, -0.25) is 10.8 Å². The molecule has 0 aliphatic carbocycles. The fourth-order valence-electron chi connectivity index (χ4n) is 1.84. The van der Waals surface area contributed by atoms with Crippen molar-refractivity contribution in [2.24, 2.45) is 5.84 Å². The molecule has 18 heavy (non-hydrogen) atoms. The largest absolute Gasteiger partial charge is 0.271 e. The predicted molar refractivity (Wildman–Crippen MR) is 77.3 cm³/mol. The van der Waals surface area contributed by atoms with Crippen LogP contribution < -0.4 is 11.3 Å². The summed E-state index contributed by atoms with van der Waals surface area (Å²) in [6, 6.07) is 6.49. The van der Waals surface area contributed by atoms with Crippen molar-refractivity contribution < 1.29 is 4.39 Å². The Bertz CT molecular complexity index is 560. The van der Waals surface area contributed by atoms with E-state index in [0.717, 1.165) is 20.3 Å². The Hall–Kier alpha value is -1.05. The van der Waals surface area contributed by atoms with Crippen LogP contribution in [0.2, 0.25) is 0 Å². The second kappa shape index (κ2) is 5.73. The van der Waals surface area contributed by atoms with Gasteiger partial charge in [0.2, 0.25) is 0 Å². The molecule has 1 atom stereocenters. The van der Waals surface area contributed by atoms with Gasteiger partial charge < -0.3 is 0 Å². The average Bonchev–Trinajstić information content (AvgIpc) is 2.33. The molecule has 2 aromatic rings. The summed E-state index contributed by atoms with van der Waals surface area (Å²) in [7, 11) is 0. The third-order valence-electron chi connectivity index (χ3n) is 2.67. The van der Waals surface area contributed by atoms with Crippen molar-refractivity contribution in [2.75, 3.05) is 0 Å². The number of hydrazine groups is 1. The van der Waals surface area contributed by atoms with Crippen molar-refractivity contribution in [3.63, 3.8) is 0 Å². The van der Waals surface area contributed by atoms with Gasteiger partial charge in [0.25, 0.3) is 0 Å². The predicted octanol–water partition coefficient (Wildman–Crippen LogP) is 2.69. The molecule has 0 radical (unpaired) electrons. The molecule has 94 valence electrons. The van der Waals surface area contributed by atoms with E-state index < -0.39 is 0 Å². The third kappa shape index (κ3) is 2.85.